The molecule has 0 unspecified atom stereocenters. The summed E-state index contributed by atoms with van der Waals surface area (Å²) in [6, 6.07) is 13.7. The number of nitrogens with zero attached hydrogens (tertiary/aromatic N) is 2. The van der Waals surface area contributed by atoms with E-state index in [0.29, 0.717) is 10.9 Å². The molecule has 1 aliphatic rings. The van der Waals surface area contributed by atoms with Crippen molar-refractivity contribution in [3.63, 3.8) is 0 Å². The number of nitrogens with one attached hydrogen (secondary N) is 2. The Labute approximate surface area is 152 Å². The molecule has 3 heterocycles. The van der Waals surface area contributed by atoms with Gasteiger partial charge in [-0.25, -0.2) is 4.98 Å². The van der Waals surface area contributed by atoms with Gasteiger partial charge in [-0.15, -0.1) is 0 Å². The number of imide groups is 1. The summed E-state index contributed by atoms with van der Waals surface area (Å²) in [5, 5.41) is 3.69. The summed E-state index contributed by atoms with van der Waals surface area (Å²) in [4.78, 5) is 45.4. The molecule has 2 amide bonds. The van der Waals surface area contributed by atoms with Crippen LogP contribution in [0.4, 0.5) is 0 Å². The zero-order valence-corrected chi connectivity index (χ0v) is 14.1. The minimum Gasteiger partial charge on any atom is -0.361 e. The highest BCUT2D eigenvalue weighted by Crippen LogP contribution is 2.25. The monoisotopic (exact) mass is 358 g/mol. The van der Waals surface area contributed by atoms with Crippen molar-refractivity contribution in [3.05, 3.63) is 76.5 Å². The summed E-state index contributed by atoms with van der Waals surface area (Å²) in [5.74, 6) is -1.20. The SMILES string of the molecule is O=C1NC(=O)[C@H](Cc2c[nH]c3ccccc23)n2c1nc1ccccc1c2=O. The Morgan fingerprint density at radius 2 is 1.70 bits per heavy atom. The van der Waals surface area contributed by atoms with Gasteiger partial charge in [0.1, 0.15) is 6.04 Å². The van der Waals surface area contributed by atoms with Crippen LogP contribution < -0.4 is 10.9 Å². The quantitative estimate of drug-likeness (QED) is 0.535. The Hall–Kier alpha value is -3.74. The summed E-state index contributed by atoms with van der Waals surface area (Å²) in [5.41, 5.74) is 1.89. The van der Waals surface area contributed by atoms with Gasteiger partial charge in [0.2, 0.25) is 5.82 Å². The Kier molecular flexibility index (Phi) is 3.24. The minimum absolute atomic E-state index is 0.0388. The molecule has 0 saturated heterocycles. The zero-order chi connectivity index (χ0) is 18.5. The fourth-order valence-corrected chi connectivity index (χ4v) is 3.66. The summed E-state index contributed by atoms with van der Waals surface area (Å²) < 4.78 is 1.23. The van der Waals surface area contributed by atoms with Gasteiger partial charge in [0.05, 0.1) is 10.9 Å². The highest BCUT2D eigenvalue weighted by molar-refractivity contribution is 6.07. The van der Waals surface area contributed by atoms with Gasteiger partial charge in [0.15, 0.2) is 0 Å². The van der Waals surface area contributed by atoms with Crippen LogP contribution in [0.5, 0.6) is 0 Å². The van der Waals surface area contributed by atoms with Crippen molar-refractivity contribution in [2.75, 3.05) is 0 Å². The predicted molar refractivity (Wildman–Crippen MR) is 99.5 cm³/mol. The van der Waals surface area contributed by atoms with Crippen LogP contribution in [0, 0.1) is 0 Å². The lowest BCUT2D eigenvalue weighted by molar-refractivity contribution is -0.124. The number of aromatic amines is 1. The molecule has 5 rings (SSSR count). The van der Waals surface area contributed by atoms with Gasteiger partial charge in [-0.3, -0.25) is 24.3 Å². The van der Waals surface area contributed by atoms with Gasteiger partial charge in [-0.05, 0) is 23.8 Å². The summed E-state index contributed by atoms with van der Waals surface area (Å²) in [6.07, 6.45) is 2.10. The molecule has 0 aliphatic carbocycles. The van der Waals surface area contributed by atoms with E-state index in [1.807, 2.05) is 30.5 Å². The third-order valence-corrected chi connectivity index (χ3v) is 4.95. The van der Waals surface area contributed by atoms with Crippen molar-refractivity contribution < 1.29 is 9.59 Å². The topological polar surface area (TPSA) is 96.8 Å². The highest BCUT2D eigenvalue weighted by Gasteiger charge is 2.35. The molecular weight excluding hydrogens is 344 g/mol. The van der Waals surface area contributed by atoms with Crippen LogP contribution in [0.25, 0.3) is 21.8 Å². The number of fused-ring (bicyclic) bond motifs is 3. The molecular formula is C20H14N4O3. The zero-order valence-electron chi connectivity index (χ0n) is 14.1. The lowest BCUT2D eigenvalue weighted by atomic mass is 10.0. The lowest BCUT2D eigenvalue weighted by Gasteiger charge is -2.26. The molecule has 7 nitrogen and oxygen atoms in total. The van der Waals surface area contributed by atoms with E-state index in [1.54, 1.807) is 24.3 Å². The Morgan fingerprint density at radius 3 is 2.56 bits per heavy atom. The second kappa shape index (κ2) is 5.63. The number of amides is 2. The van der Waals surface area contributed by atoms with Crippen LogP contribution >= 0.6 is 0 Å². The lowest BCUT2D eigenvalue weighted by Crippen LogP contribution is -2.50. The molecule has 7 heteroatoms. The average Bonchev–Trinajstić information content (AvgIpc) is 3.08. The van der Waals surface area contributed by atoms with E-state index in [4.69, 9.17) is 0 Å². The number of carbonyl (C=O) groups is 2. The molecule has 0 bridgehead atoms. The number of rotatable bonds is 2. The van der Waals surface area contributed by atoms with E-state index in [-0.39, 0.29) is 17.8 Å². The molecule has 0 spiro atoms. The molecule has 4 aromatic rings. The normalized spacial score (nSPS) is 16.5. The van der Waals surface area contributed by atoms with Gasteiger partial charge in [0.25, 0.3) is 17.4 Å². The molecule has 2 aromatic carbocycles. The Balaban J connectivity index is 1.71. The maximum Gasteiger partial charge on any atom is 0.294 e. The van der Waals surface area contributed by atoms with Gasteiger partial charge in [-0.2, -0.15) is 0 Å². The van der Waals surface area contributed by atoms with Gasteiger partial charge >= 0.3 is 0 Å². The first kappa shape index (κ1) is 15.5. The predicted octanol–water partition coefficient (Wildman–Crippen LogP) is 1.93. The van der Waals surface area contributed by atoms with E-state index in [0.717, 1.165) is 16.5 Å². The molecule has 132 valence electrons. The third kappa shape index (κ3) is 2.28. The molecule has 0 saturated carbocycles. The highest BCUT2D eigenvalue weighted by atomic mass is 16.2. The van der Waals surface area contributed by atoms with Gasteiger partial charge in [0, 0.05) is 23.5 Å². The van der Waals surface area contributed by atoms with Crippen LogP contribution in [0.2, 0.25) is 0 Å². The number of para-hydroxylation sites is 2. The first-order valence-electron chi connectivity index (χ1n) is 8.55. The molecule has 2 N–H and O–H groups in total. The number of hydrogen-bond acceptors (Lipinski definition) is 4. The number of carbonyl (C=O) groups excluding carboxylic acids is 2. The van der Waals surface area contributed by atoms with Crippen molar-refractivity contribution in [3.8, 4) is 0 Å². The van der Waals surface area contributed by atoms with Crippen molar-refractivity contribution in [1.82, 2.24) is 19.9 Å². The smallest absolute Gasteiger partial charge is 0.294 e. The molecule has 2 aromatic heterocycles. The molecule has 0 fully saturated rings. The van der Waals surface area contributed by atoms with Crippen molar-refractivity contribution in [1.29, 1.82) is 0 Å². The third-order valence-electron chi connectivity index (χ3n) is 4.95. The number of benzene rings is 2. The summed E-state index contributed by atoms with van der Waals surface area (Å²) in [6.45, 7) is 0. The van der Waals surface area contributed by atoms with Crippen LogP contribution in [0.15, 0.2) is 59.5 Å². The van der Waals surface area contributed by atoms with E-state index in [2.05, 4.69) is 15.3 Å². The van der Waals surface area contributed by atoms with Gasteiger partial charge < -0.3 is 4.98 Å². The summed E-state index contributed by atoms with van der Waals surface area (Å²) in [7, 11) is 0. The van der Waals surface area contributed by atoms with Crippen molar-refractivity contribution in [2.24, 2.45) is 0 Å². The number of aromatic nitrogens is 3. The molecule has 1 atom stereocenters. The first-order chi connectivity index (χ1) is 13.1. The van der Waals surface area contributed by atoms with E-state index in [9.17, 15) is 14.4 Å². The first-order valence-corrected chi connectivity index (χ1v) is 8.55. The minimum atomic E-state index is -0.846. The second-order valence-electron chi connectivity index (χ2n) is 6.53. The maximum atomic E-state index is 13.0. The van der Waals surface area contributed by atoms with E-state index in [1.165, 1.54) is 4.57 Å². The van der Waals surface area contributed by atoms with Crippen molar-refractivity contribution >= 4 is 33.6 Å². The number of hydrogen-bond donors (Lipinski definition) is 2. The standard InChI is InChI=1S/C20H14N4O3/c25-18-16(9-11-10-21-14-7-3-1-5-12(11)14)24-17(19(26)23-18)22-15-8-4-2-6-13(15)20(24)27/h1-8,10,16,21H,9H2,(H,23,25,26)/t16-/m0/s1. The molecule has 0 radical (unpaired) electrons. The van der Waals surface area contributed by atoms with Crippen LogP contribution in [0.1, 0.15) is 22.2 Å². The fourth-order valence-electron chi connectivity index (χ4n) is 3.66. The largest absolute Gasteiger partial charge is 0.361 e. The number of H-pyrrole nitrogens is 1. The average molecular weight is 358 g/mol. The Morgan fingerprint density at radius 1 is 0.963 bits per heavy atom. The maximum absolute atomic E-state index is 13.0. The van der Waals surface area contributed by atoms with Crippen LogP contribution in [0.3, 0.4) is 0 Å². The summed E-state index contributed by atoms with van der Waals surface area (Å²) >= 11 is 0. The van der Waals surface area contributed by atoms with Gasteiger partial charge in [-0.1, -0.05) is 30.3 Å². The Bertz CT molecular complexity index is 1300. The second-order valence-corrected chi connectivity index (χ2v) is 6.53. The van der Waals surface area contributed by atoms with E-state index < -0.39 is 17.9 Å². The molecule has 27 heavy (non-hydrogen) atoms. The van der Waals surface area contributed by atoms with E-state index >= 15 is 0 Å². The van der Waals surface area contributed by atoms with Crippen molar-refractivity contribution in [2.45, 2.75) is 12.5 Å². The van der Waals surface area contributed by atoms with Crippen LogP contribution in [-0.4, -0.2) is 26.3 Å². The van der Waals surface area contributed by atoms with Crippen LogP contribution in [-0.2, 0) is 11.2 Å². The fraction of sp³-hybridized carbons (Fsp3) is 0.100. The molecule has 1 aliphatic heterocycles.